The molecule has 3 rings (SSSR count). The molecule has 0 aliphatic heterocycles. The van der Waals surface area contributed by atoms with Crippen LogP contribution in [0.25, 0.3) is 5.76 Å². The van der Waals surface area contributed by atoms with Crippen LogP contribution in [0, 0.1) is 22.9 Å². The molecule has 0 spiro atoms. The molecule has 142 valence electrons. The summed E-state index contributed by atoms with van der Waals surface area (Å²) in [5.74, 6) is -3.40. The molecule has 1 atom stereocenters. The van der Waals surface area contributed by atoms with E-state index in [9.17, 15) is 23.4 Å². The van der Waals surface area contributed by atoms with E-state index in [1.54, 1.807) is 0 Å². The van der Waals surface area contributed by atoms with Crippen molar-refractivity contribution in [3.05, 3.63) is 107 Å². The summed E-state index contributed by atoms with van der Waals surface area (Å²) in [6.45, 7) is 0. The molecule has 0 amide bonds. The number of aliphatic hydroxyl groups is 2. The molecule has 0 radical (unpaired) electrons. The van der Waals surface area contributed by atoms with Crippen LogP contribution < -0.4 is 0 Å². The van der Waals surface area contributed by atoms with Crippen LogP contribution in [0.15, 0.2) is 72.6 Å². The molecule has 0 saturated heterocycles. The third-order valence-electron chi connectivity index (χ3n) is 4.08. The van der Waals surface area contributed by atoms with Crippen molar-refractivity contribution in [1.82, 2.24) is 4.98 Å². The molecule has 0 bridgehead atoms. The van der Waals surface area contributed by atoms with E-state index >= 15 is 0 Å². The number of aliphatic hydroxyl groups excluding tert-OH is 2. The molecule has 0 fully saturated rings. The zero-order valence-corrected chi connectivity index (χ0v) is 14.4. The molecule has 4 nitrogen and oxygen atoms in total. The van der Waals surface area contributed by atoms with Crippen molar-refractivity contribution in [2.45, 2.75) is 6.10 Å². The number of nitrogens with zero attached hydrogens (tertiary/aromatic N) is 1. The van der Waals surface area contributed by atoms with E-state index in [0.717, 1.165) is 18.2 Å². The average molecular weight is 384 g/mol. The lowest BCUT2D eigenvalue weighted by Gasteiger charge is -2.19. The average Bonchev–Trinajstić information content (AvgIpc) is 2.68. The number of nitrogens with one attached hydrogen (secondary N) is 1. The van der Waals surface area contributed by atoms with Gasteiger partial charge in [0, 0.05) is 35.2 Å². The Morgan fingerprint density at radius 1 is 0.964 bits per heavy atom. The van der Waals surface area contributed by atoms with Gasteiger partial charge in [-0.3, -0.25) is 10.4 Å². The number of halogens is 3. The molecule has 7 heteroatoms. The van der Waals surface area contributed by atoms with E-state index in [0.29, 0.717) is 6.07 Å². The molecule has 0 saturated carbocycles. The molecule has 28 heavy (non-hydrogen) atoms. The second kappa shape index (κ2) is 8.06. The first-order valence-corrected chi connectivity index (χ1v) is 8.20. The van der Waals surface area contributed by atoms with Crippen molar-refractivity contribution in [1.29, 1.82) is 5.41 Å². The quantitative estimate of drug-likeness (QED) is 0.445. The van der Waals surface area contributed by atoms with Gasteiger partial charge in [-0.05, 0) is 30.3 Å². The first kappa shape index (κ1) is 19.3. The molecule has 0 aliphatic carbocycles. The lowest BCUT2D eigenvalue weighted by molar-refractivity contribution is 0.219. The van der Waals surface area contributed by atoms with Gasteiger partial charge in [0.1, 0.15) is 29.3 Å². The minimum absolute atomic E-state index is 0.191. The van der Waals surface area contributed by atoms with Crippen LogP contribution in [-0.4, -0.2) is 20.9 Å². The number of benzene rings is 2. The number of hydrogen-bond acceptors (Lipinski definition) is 4. The Morgan fingerprint density at radius 3 is 2.25 bits per heavy atom. The summed E-state index contributed by atoms with van der Waals surface area (Å²) < 4.78 is 41.4. The van der Waals surface area contributed by atoms with E-state index in [4.69, 9.17) is 5.41 Å². The third-order valence-corrected chi connectivity index (χ3v) is 4.08. The largest absolute Gasteiger partial charge is 0.507 e. The summed E-state index contributed by atoms with van der Waals surface area (Å²) in [7, 11) is 0. The monoisotopic (exact) mass is 384 g/mol. The van der Waals surface area contributed by atoms with E-state index in [-0.39, 0.29) is 16.7 Å². The maximum Gasteiger partial charge on any atom is 0.132 e. The Balaban J connectivity index is 2.22. The Labute approximate surface area is 158 Å². The number of pyridine rings is 1. The van der Waals surface area contributed by atoms with Gasteiger partial charge in [-0.25, -0.2) is 13.2 Å². The van der Waals surface area contributed by atoms with Crippen LogP contribution in [0.2, 0.25) is 0 Å². The van der Waals surface area contributed by atoms with Crippen molar-refractivity contribution in [3.63, 3.8) is 0 Å². The Kier molecular flexibility index (Phi) is 5.56. The van der Waals surface area contributed by atoms with Gasteiger partial charge in [-0.1, -0.05) is 18.2 Å². The summed E-state index contributed by atoms with van der Waals surface area (Å²) in [6, 6.07) is 10.7. The van der Waals surface area contributed by atoms with Gasteiger partial charge in [0.25, 0.3) is 0 Å². The lowest BCUT2D eigenvalue weighted by atomic mass is 9.91. The number of aromatic nitrogens is 1. The van der Waals surface area contributed by atoms with E-state index in [1.807, 2.05) is 0 Å². The second-order valence-corrected chi connectivity index (χ2v) is 5.96. The van der Waals surface area contributed by atoms with Crippen LogP contribution >= 0.6 is 0 Å². The molecular formula is C21H15F3N2O2. The molecule has 1 unspecified atom stereocenters. The zero-order chi connectivity index (χ0) is 20.3. The van der Waals surface area contributed by atoms with Crippen molar-refractivity contribution in [3.8, 4) is 0 Å². The van der Waals surface area contributed by atoms with Gasteiger partial charge >= 0.3 is 0 Å². The van der Waals surface area contributed by atoms with E-state index in [1.165, 1.54) is 42.7 Å². The molecule has 3 aromatic rings. The molecule has 2 aromatic carbocycles. The van der Waals surface area contributed by atoms with Crippen molar-refractivity contribution in [2.75, 3.05) is 0 Å². The Hall–Kier alpha value is -3.45. The SMILES string of the molecule is N=C(/C(=C(\O)c1cc(F)cc(F)c1)C(O)c1cccnc1)c1ccccc1F. The van der Waals surface area contributed by atoms with E-state index in [2.05, 4.69) is 4.98 Å². The predicted octanol–water partition coefficient (Wildman–Crippen LogP) is 4.57. The smallest absolute Gasteiger partial charge is 0.132 e. The summed E-state index contributed by atoms with van der Waals surface area (Å²) >= 11 is 0. The van der Waals surface area contributed by atoms with Gasteiger partial charge in [0.05, 0.1) is 11.3 Å². The standard InChI is InChI=1S/C21H15F3N2O2/c22-14-8-13(9-15(23)10-14)21(28)18(20(27)12-4-3-7-26-11-12)19(25)16-5-1-2-6-17(16)24/h1-11,20,25,27-28H/b21-18+,25-19?. The van der Waals surface area contributed by atoms with Gasteiger partial charge in [0.15, 0.2) is 0 Å². The second-order valence-electron chi connectivity index (χ2n) is 5.96. The highest BCUT2D eigenvalue weighted by molar-refractivity contribution is 6.14. The molecule has 3 N–H and O–H groups in total. The first-order valence-electron chi connectivity index (χ1n) is 8.20. The topological polar surface area (TPSA) is 77.2 Å². The van der Waals surface area contributed by atoms with Crippen LogP contribution in [-0.2, 0) is 0 Å². The molecular weight excluding hydrogens is 369 g/mol. The minimum Gasteiger partial charge on any atom is -0.507 e. The highest BCUT2D eigenvalue weighted by atomic mass is 19.1. The fourth-order valence-corrected chi connectivity index (χ4v) is 2.74. The Morgan fingerprint density at radius 2 is 1.64 bits per heavy atom. The van der Waals surface area contributed by atoms with Crippen molar-refractivity contribution >= 4 is 11.5 Å². The van der Waals surface area contributed by atoms with Crippen LogP contribution in [0.5, 0.6) is 0 Å². The van der Waals surface area contributed by atoms with Crippen molar-refractivity contribution < 1.29 is 23.4 Å². The van der Waals surface area contributed by atoms with Crippen molar-refractivity contribution in [2.24, 2.45) is 0 Å². The summed E-state index contributed by atoms with van der Waals surface area (Å²) in [5.41, 5.74) is -1.22. The third kappa shape index (κ3) is 3.94. The maximum atomic E-state index is 14.2. The first-order chi connectivity index (χ1) is 13.4. The van der Waals surface area contributed by atoms with Gasteiger partial charge < -0.3 is 10.2 Å². The van der Waals surface area contributed by atoms with Crippen LogP contribution in [0.1, 0.15) is 22.8 Å². The lowest BCUT2D eigenvalue weighted by Crippen LogP contribution is -2.16. The summed E-state index contributed by atoms with van der Waals surface area (Å²) in [4.78, 5) is 3.87. The summed E-state index contributed by atoms with van der Waals surface area (Å²) in [6.07, 6.45) is 1.18. The molecule has 1 aromatic heterocycles. The van der Waals surface area contributed by atoms with Gasteiger partial charge in [-0.15, -0.1) is 0 Å². The highest BCUT2D eigenvalue weighted by Gasteiger charge is 2.26. The van der Waals surface area contributed by atoms with Gasteiger partial charge in [0.2, 0.25) is 0 Å². The minimum atomic E-state index is -1.59. The van der Waals surface area contributed by atoms with Crippen LogP contribution in [0.4, 0.5) is 13.2 Å². The molecule has 0 aliphatic rings. The van der Waals surface area contributed by atoms with E-state index < -0.39 is 40.6 Å². The number of rotatable bonds is 5. The summed E-state index contributed by atoms with van der Waals surface area (Å²) in [5, 5.41) is 29.8. The van der Waals surface area contributed by atoms with Gasteiger partial charge in [-0.2, -0.15) is 0 Å². The fourth-order valence-electron chi connectivity index (χ4n) is 2.74. The fraction of sp³-hybridized carbons (Fsp3) is 0.0476. The predicted molar refractivity (Wildman–Crippen MR) is 98.3 cm³/mol. The highest BCUT2D eigenvalue weighted by Crippen LogP contribution is 2.31. The maximum absolute atomic E-state index is 14.2. The normalized spacial score (nSPS) is 13.0. The number of hydrogen-bond donors (Lipinski definition) is 3. The van der Waals surface area contributed by atoms with Crippen LogP contribution in [0.3, 0.4) is 0 Å². The zero-order valence-electron chi connectivity index (χ0n) is 14.4. The Bertz CT molecular complexity index is 1030. The molecule has 1 heterocycles.